The Morgan fingerprint density at radius 2 is 2.21 bits per heavy atom. The summed E-state index contributed by atoms with van der Waals surface area (Å²) in [6.07, 6.45) is 3.03. The molecule has 0 heterocycles. The molecule has 1 aliphatic rings. The molecule has 1 saturated carbocycles. The molecule has 0 unspecified atom stereocenters. The minimum Gasteiger partial charge on any atom is -0.466 e. The van der Waals surface area contributed by atoms with E-state index in [1.54, 1.807) is 0 Å². The Morgan fingerprint density at radius 1 is 1.50 bits per heavy atom. The number of carbonyl (C=O) groups excluding carboxylic acids is 1. The molecule has 1 aliphatic carbocycles. The minimum absolute atomic E-state index is 0.0142. The maximum absolute atomic E-state index is 11.5. The van der Waals surface area contributed by atoms with Gasteiger partial charge in [-0.2, -0.15) is 0 Å². The van der Waals surface area contributed by atoms with Crippen LogP contribution < -0.4 is 5.32 Å². The van der Waals surface area contributed by atoms with Crippen LogP contribution in [0.4, 0.5) is 0 Å². The van der Waals surface area contributed by atoms with Crippen molar-refractivity contribution in [2.75, 3.05) is 13.7 Å². The predicted molar refractivity (Wildman–Crippen MR) is 56.0 cm³/mol. The van der Waals surface area contributed by atoms with Crippen LogP contribution in [0, 0.1) is 11.8 Å². The van der Waals surface area contributed by atoms with Gasteiger partial charge in [0.15, 0.2) is 0 Å². The van der Waals surface area contributed by atoms with Gasteiger partial charge in [-0.1, -0.05) is 6.92 Å². The molecule has 0 saturated heterocycles. The van der Waals surface area contributed by atoms with E-state index in [4.69, 9.17) is 4.74 Å². The molecule has 0 radical (unpaired) electrons. The zero-order chi connectivity index (χ0) is 10.6. The van der Waals surface area contributed by atoms with E-state index < -0.39 is 0 Å². The lowest BCUT2D eigenvalue weighted by atomic mass is 9.79. The second-order valence-electron chi connectivity index (χ2n) is 4.13. The van der Waals surface area contributed by atoms with Crippen molar-refractivity contribution in [3.05, 3.63) is 0 Å². The summed E-state index contributed by atoms with van der Waals surface area (Å²) in [5.41, 5.74) is 0. The van der Waals surface area contributed by atoms with Crippen molar-refractivity contribution in [2.24, 2.45) is 11.8 Å². The Hall–Kier alpha value is -0.570. The van der Waals surface area contributed by atoms with Gasteiger partial charge in [0.2, 0.25) is 0 Å². The SMILES string of the molecule is CCOC(=O)[C@@H]1CC[C@@H](C)[C@@H](NC)C1. The fraction of sp³-hybridized carbons (Fsp3) is 0.909. The molecule has 0 aromatic rings. The number of rotatable bonds is 3. The molecule has 82 valence electrons. The molecule has 0 bridgehead atoms. The van der Waals surface area contributed by atoms with Crippen molar-refractivity contribution in [1.82, 2.24) is 5.32 Å². The van der Waals surface area contributed by atoms with Crippen molar-refractivity contribution in [1.29, 1.82) is 0 Å². The molecule has 1 rings (SSSR count). The van der Waals surface area contributed by atoms with Crippen LogP contribution in [0.2, 0.25) is 0 Å². The lowest BCUT2D eigenvalue weighted by Gasteiger charge is -2.32. The van der Waals surface area contributed by atoms with Crippen LogP contribution in [-0.4, -0.2) is 25.7 Å². The summed E-state index contributed by atoms with van der Waals surface area (Å²) in [7, 11) is 1.97. The number of nitrogens with one attached hydrogen (secondary N) is 1. The molecule has 3 nitrogen and oxygen atoms in total. The Bertz CT molecular complexity index is 194. The predicted octanol–water partition coefficient (Wildman–Crippen LogP) is 1.57. The quantitative estimate of drug-likeness (QED) is 0.701. The van der Waals surface area contributed by atoms with Crippen LogP contribution in [0.15, 0.2) is 0 Å². The third kappa shape index (κ3) is 2.71. The average molecular weight is 199 g/mol. The highest BCUT2D eigenvalue weighted by Crippen LogP contribution is 2.29. The Kier molecular flexibility index (Phi) is 4.39. The first-order valence-corrected chi connectivity index (χ1v) is 5.53. The van der Waals surface area contributed by atoms with Gasteiger partial charge in [-0.25, -0.2) is 0 Å². The van der Waals surface area contributed by atoms with E-state index in [0.29, 0.717) is 18.6 Å². The Labute approximate surface area is 86.2 Å². The van der Waals surface area contributed by atoms with E-state index in [9.17, 15) is 4.79 Å². The third-order valence-electron chi connectivity index (χ3n) is 3.19. The zero-order valence-electron chi connectivity index (χ0n) is 9.38. The maximum atomic E-state index is 11.5. The molecule has 1 fully saturated rings. The van der Waals surface area contributed by atoms with Crippen LogP contribution in [0.25, 0.3) is 0 Å². The highest BCUT2D eigenvalue weighted by atomic mass is 16.5. The number of hydrogen-bond acceptors (Lipinski definition) is 3. The van der Waals surface area contributed by atoms with Gasteiger partial charge in [-0.05, 0) is 39.2 Å². The van der Waals surface area contributed by atoms with Crippen LogP contribution in [0.1, 0.15) is 33.1 Å². The molecule has 3 heteroatoms. The van der Waals surface area contributed by atoms with Gasteiger partial charge >= 0.3 is 5.97 Å². The number of ether oxygens (including phenoxy) is 1. The summed E-state index contributed by atoms with van der Waals surface area (Å²) in [5.74, 6) is 0.772. The van der Waals surface area contributed by atoms with Gasteiger partial charge in [-0.3, -0.25) is 4.79 Å². The second-order valence-corrected chi connectivity index (χ2v) is 4.13. The monoisotopic (exact) mass is 199 g/mol. The fourth-order valence-corrected chi connectivity index (χ4v) is 2.20. The van der Waals surface area contributed by atoms with E-state index in [1.165, 1.54) is 0 Å². The summed E-state index contributed by atoms with van der Waals surface area (Å²) >= 11 is 0. The van der Waals surface area contributed by atoms with Gasteiger partial charge in [0.05, 0.1) is 12.5 Å². The van der Waals surface area contributed by atoms with Gasteiger partial charge in [0, 0.05) is 6.04 Å². The van der Waals surface area contributed by atoms with Gasteiger partial charge < -0.3 is 10.1 Å². The van der Waals surface area contributed by atoms with E-state index in [-0.39, 0.29) is 11.9 Å². The molecule has 0 amide bonds. The minimum atomic E-state index is -0.0142. The van der Waals surface area contributed by atoms with Crippen molar-refractivity contribution in [2.45, 2.75) is 39.2 Å². The number of carbonyl (C=O) groups is 1. The lowest BCUT2D eigenvalue weighted by molar-refractivity contribution is -0.149. The number of esters is 1. The van der Waals surface area contributed by atoms with E-state index in [1.807, 2.05) is 14.0 Å². The molecule has 1 N–H and O–H groups in total. The second kappa shape index (κ2) is 5.35. The summed E-state index contributed by atoms with van der Waals surface area (Å²) in [5, 5.41) is 3.27. The van der Waals surface area contributed by atoms with Gasteiger partial charge in [-0.15, -0.1) is 0 Å². The van der Waals surface area contributed by atoms with E-state index >= 15 is 0 Å². The molecule has 0 aromatic carbocycles. The van der Waals surface area contributed by atoms with Crippen molar-refractivity contribution in [3.8, 4) is 0 Å². The average Bonchev–Trinajstić information content (AvgIpc) is 2.19. The summed E-state index contributed by atoms with van der Waals surface area (Å²) in [6.45, 7) is 4.59. The van der Waals surface area contributed by atoms with Crippen molar-refractivity contribution < 1.29 is 9.53 Å². The number of hydrogen-bond donors (Lipinski definition) is 1. The molecule has 3 atom stereocenters. The highest BCUT2D eigenvalue weighted by Gasteiger charge is 2.31. The van der Waals surface area contributed by atoms with Gasteiger partial charge in [0.25, 0.3) is 0 Å². The fourth-order valence-electron chi connectivity index (χ4n) is 2.20. The maximum Gasteiger partial charge on any atom is 0.308 e. The van der Waals surface area contributed by atoms with Crippen LogP contribution in [0.3, 0.4) is 0 Å². The van der Waals surface area contributed by atoms with Crippen LogP contribution in [-0.2, 0) is 9.53 Å². The van der Waals surface area contributed by atoms with Crippen LogP contribution in [0.5, 0.6) is 0 Å². The third-order valence-corrected chi connectivity index (χ3v) is 3.19. The van der Waals surface area contributed by atoms with Crippen molar-refractivity contribution >= 4 is 5.97 Å². The smallest absolute Gasteiger partial charge is 0.308 e. The highest BCUT2D eigenvalue weighted by molar-refractivity contribution is 5.72. The van der Waals surface area contributed by atoms with E-state index in [2.05, 4.69) is 12.2 Å². The first-order valence-electron chi connectivity index (χ1n) is 5.53. The Balaban J connectivity index is 2.45. The Morgan fingerprint density at radius 3 is 2.79 bits per heavy atom. The molecule has 0 aromatic heterocycles. The summed E-state index contributed by atoms with van der Waals surface area (Å²) in [4.78, 5) is 11.5. The molecule has 0 spiro atoms. The largest absolute Gasteiger partial charge is 0.466 e. The topological polar surface area (TPSA) is 38.3 Å². The molecule has 14 heavy (non-hydrogen) atoms. The summed E-state index contributed by atoms with van der Waals surface area (Å²) < 4.78 is 5.04. The summed E-state index contributed by atoms with van der Waals surface area (Å²) in [6, 6.07) is 0.471. The first kappa shape index (κ1) is 11.5. The zero-order valence-corrected chi connectivity index (χ0v) is 9.38. The molecular formula is C11H21NO2. The van der Waals surface area contributed by atoms with Crippen LogP contribution >= 0.6 is 0 Å². The molecule has 0 aliphatic heterocycles. The standard InChI is InChI=1S/C11H21NO2/c1-4-14-11(13)9-6-5-8(2)10(7-9)12-3/h8-10,12H,4-7H2,1-3H3/t8-,9-,10+/m1/s1. The van der Waals surface area contributed by atoms with E-state index in [0.717, 1.165) is 19.3 Å². The lowest BCUT2D eigenvalue weighted by Crippen LogP contribution is -2.40. The molecular weight excluding hydrogens is 178 g/mol. The van der Waals surface area contributed by atoms with Crippen molar-refractivity contribution in [3.63, 3.8) is 0 Å². The first-order chi connectivity index (χ1) is 6.69. The normalized spacial score (nSPS) is 32.6. The van der Waals surface area contributed by atoms with Gasteiger partial charge in [0.1, 0.15) is 0 Å².